The second kappa shape index (κ2) is 7.03. The summed E-state index contributed by atoms with van der Waals surface area (Å²) in [6.07, 6.45) is 0.428. The Kier molecular flexibility index (Phi) is 4.54. The van der Waals surface area contributed by atoms with Crippen LogP contribution in [0.2, 0.25) is 0 Å². The SMILES string of the molecule is Cc1cc(C)nc(-c2ccc(C(=O)N[C@H]3C[C@H]4C(=O)NCC(=O)N4C3)cc2)n1. The summed E-state index contributed by atoms with van der Waals surface area (Å²) < 4.78 is 0. The first kappa shape index (κ1) is 18.1. The molecule has 28 heavy (non-hydrogen) atoms. The maximum absolute atomic E-state index is 12.6. The number of nitrogens with zero attached hydrogens (tertiary/aromatic N) is 3. The first-order chi connectivity index (χ1) is 13.4. The van der Waals surface area contributed by atoms with Gasteiger partial charge in [-0.25, -0.2) is 9.97 Å². The van der Waals surface area contributed by atoms with Crippen LogP contribution in [0, 0.1) is 13.8 Å². The van der Waals surface area contributed by atoms with Crippen LogP contribution in [0.3, 0.4) is 0 Å². The number of carbonyl (C=O) groups excluding carboxylic acids is 3. The number of nitrogens with one attached hydrogen (secondary N) is 2. The predicted octanol–water partition coefficient (Wildman–Crippen LogP) is 0.590. The molecule has 2 aliphatic rings. The van der Waals surface area contributed by atoms with Crippen molar-refractivity contribution in [1.82, 2.24) is 25.5 Å². The summed E-state index contributed by atoms with van der Waals surface area (Å²) in [5.41, 5.74) is 3.12. The van der Waals surface area contributed by atoms with Gasteiger partial charge < -0.3 is 15.5 Å². The molecule has 2 atom stereocenters. The van der Waals surface area contributed by atoms with Gasteiger partial charge in [0.2, 0.25) is 11.8 Å². The number of benzene rings is 1. The van der Waals surface area contributed by atoms with Crippen molar-refractivity contribution in [2.24, 2.45) is 0 Å². The Bertz CT molecular complexity index is 913. The molecule has 2 aliphatic heterocycles. The molecule has 8 heteroatoms. The van der Waals surface area contributed by atoms with E-state index in [1.54, 1.807) is 17.0 Å². The molecule has 0 spiro atoms. The lowest BCUT2D eigenvalue weighted by Gasteiger charge is -2.28. The summed E-state index contributed by atoms with van der Waals surface area (Å²) in [6, 6.07) is 8.27. The molecule has 2 N–H and O–H groups in total. The highest BCUT2D eigenvalue weighted by Gasteiger charge is 2.42. The Morgan fingerprint density at radius 2 is 1.82 bits per heavy atom. The molecule has 0 aliphatic carbocycles. The van der Waals surface area contributed by atoms with E-state index in [2.05, 4.69) is 20.6 Å². The van der Waals surface area contributed by atoms with Gasteiger partial charge in [0.1, 0.15) is 6.04 Å². The third-order valence-corrected chi connectivity index (χ3v) is 5.06. The third kappa shape index (κ3) is 3.45. The van der Waals surface area contributed by atoms with E-state index in [9.17, 15) is 14.4 Å². The van der Waals surface area contributed by atoms with Crippen LogP contribution in [0.4, 0.5) is 0 Å². The molecule has 3 amide bonds. The lowest BCUT2D eigenvalue weighted by molar-refractivity contribution is -0.143. The van der Waals surface area contributed by atoms with Gasteiger partial charge in [0.25, 0.3) is 5.91 Å². The minimum absolute atomic E-state index is 0.0258. The number of aromatic nitrogens is 2. The fraction of sp³-hybridized carbons (Fsp3) is 0.350. The van der Waals surface area contributed by atoms with E-state index < -0.39 is 6.04 Å². The van der Waals surface area contributed by atoms with Gasteiger partial charge in [-0.3, -0.25) is 14.4 Å². The number of rotatable bonds is 3. The lowest BCUT2D eigenvalue weighted by Crippen LogP contribution is -2.55. The van der Waals surface area contributed by atoms with Crippen molar-refractivity contribution in [3.05, 3.63) is 47.3 Å². The molecule has 144 valence electrons. The molecule has 2 saturated heterocycles. The van der Waals surface area contributed by atoms with Crippen LogP contribution in [0.1, 0.15) is 28.2 Å². The fourth-order valence-electron chi connectivity index (χ4n) is 3.74. The average Bonchev–Trinajstić information content (AvgIpc) is 3.09. The third-order valence-electron chi connectivity index (χ3n) is 5.06. The smallest absolute Gasteiger partial charge is 0.251 e. The van der Waals surface area contributed by atoms with Gasteiger partial charge in [-0.05, 0) is 38.5 Å². The molecule has 2 fully saturated rings. The monoisotopic (exact) mass is 379 g/mol. The number of carbonyl (C=O) groups is 3. The van der Waals surface area contributed by atoms with Gasteiger partial charge in [0, 0.05) is 35.1 Å². The highest BCUT2D eigenvalue weighted by atomic mass is 16.2. The van der Waals surface area contributed by atoms with Crippen LogP contribution >= 0.6 is 0 Å². The Morgan fingerprint density at radius 3 is 2.46 bits per heavy atom. The highest BCUT2D eigenvalue weighted by Crippen LogP contribution is 2.21. The van der Waals surface area contributed by atoms with Gasteiger partial charge in [0.05, 0.1) is 6.54 Å². The molecular weight excluding hydrogens is 358 g/mol. The maximum atomic E-state index is 12.6. The Balaban J connectivity index is 1.44. The van der Waals surface area contributed by atoms with Gasteiger partial charge in [0.15, 0.2) is 5.82 Å². The van der Waals surface area contributed by atoms with E-state index >= 15 is 0 Å². The van der Waals surface area contributed by atoms with Crippen LogP contribution in [0.5, 0.6) is 0 Å². The van der Waals surface area contributed by atoms with E-state index in [1.807, 2.05) is 32.0 Å². The first-order valence-electron chi connectivity index (χ1n) is 9.21. The lowest BCUT2D eigenvalue weighted by atomic mass is 10.1. The summed E-state index contributed by atoms with van der Waals surface area (Å²) in [5.74, 6) is 0.126. The van der Waals surface area contributed by atoms with Crippen LogP contribution in [0.15, 0.2) is 30.3 Å². The van der Waals surface area contributed by atoms with Gasteiger partial charge in [-0.2, -0.15) is 0 Å². The van der Waals surface area contributed by atoms with Crippen molar-refractivity contribution in [2.45, 2.75) is 32.4 Å². The average molecular weight is 379 g/mol. The summed E-state index contributed by atoms with van der Waals surface area (Å²) in [4.78, 5) is 46.8. The molecule has 0 radical (unpaired) electrons. The minimum Gasteiger partial charge on any atom is -0.347 e. The number of amides is 3. The molecule has 8 nitrogen and oxygen atoms in total. The van der Waals surface area contributed by atoms with Crippen LogP contribution in [-0.4, -0.2) is 57.8 Å². The molecular formula is C20H21N5O3. The molecule has 4 rings (SSSR count). The van der Waals surface area contributed by atoms with Gasteiger partial charge >= 0.3 is 0 Å². The normalized spacial score (nSPS) is 21.3. The second-order valence-electron chi connectivity index (χ2n) is 7.24. The Morgan fingerprint density at radius 1 is 1.14 bits per heavy atom. The maximum Gasteiger partial charge on any atom is 0.251 e. The van der Waals surface area contributed by atoms with Gasteiger partial charge in [-0.1, -0.05) is 12.1 Å². The van der Waals surface area contributed by atoms with E-state index in [1.165, 1.54) is 0 Å². The van der Waals surface area contributed by atoms with Crippen molar-refractivity contribution in [1.29, 1.82) is 0 Å². The van der Waals surface area contributed by atoms with Gasteiger partial charge in [-0.15, -0.1) is 0 Å². The molecule has 1 aromatic heterocycles. The van der Waals surface area contributed by atoms with Crippen molar-refractivity contribution >= 4 is 17.7 Å². The number of fused-ring (bicyclic) bond motifs is 1. The summed E-state index contributed by atoms with van der Waals surface area (Å²) in [5, 5.41) is 5.51. The van der Waals surface area contributed by atoms with Crippen LogP contribution in [-0.2, 0) is 9.59 Å². The van der Waals surface area contributed by atoms with Crippen molar-refractivity contribution in [3.63, 3.8) is 0 Å². The fourth-order valence-corrected chi connectivity index (χ4v) is 3.74. The molecule has 1 aromatic carbocycles. The van der Waals surface area contributed by atoms with Crippen molar-refractivity contribution in [2.75, 3.05) is 13.1 Å². The molecule has 2 aromatic rings. The first-order valence-corrected chi connectivity index (χ1v) is 9.21. The zero-order valence-electron chi connectivity index (χ0n) is 15.7. The highest BCUT2D eigenvalue weighted by molar-refractivity contribution is 5.97. The van der Waals surface area contributed by atoms with Crippen LogP contribution in [0.25, 0.3) is 11.4 Å². The second-order valence-corrected chi connectivity index (χ2v) is 7.24. The zero-order chi connectivity index (χ0) is 19.8. The van der Waals surface area contributed by atoms with E-state index in [0.717, 1.165) is 17.0 Å². The number of aryl methyl sites for hydroxylation is 2. The number of hydrogen-bond acceptors (Lipinski definition) is 5. The summed E-state index contributed by atoms with van der Waals surface area (Å²) in [6.45, 7) is 4.22. The quantitative estimate of drug-likeness (QED) is 0.812. The molecule has 0 unspecified atom stereocenters. The van der Waals surface area contributed by atoms with E-state index in [0.29, 0.717) is 24.4 Å². The van der Waals surface area contributed by atoms with Crippen LogP contribution < -0.4 is 10.6 Å². The molecule has 3 heterocycles. The number of hydrogen-bond donors (Lipinski definition) is 2. The van der Waals surface area contributed by atoms with E-state index in [4.69, 9.17) is 0 Å². The summed E-state index contributed by atoms with van der Waals surface area (Å²) in [7, 11) is 0. The summed E-state index contributed by atoms with van der Waals surface area (Å²) >= 11 is 0. The standard InChI is InChI=1S/C20H21N5O3/c1-11-7-12(2)23-18(22-11)13-3-5-14(6-4-13)19(27)24-15-8-16-20(28)21-9-17(26)25(16)10-15/h3-7,15-16H,8-10H2,1-2H3,(H,21,28)(H,24,27)/t15-,16-/m0/s1. The van der Waals surface area contributed by atoms with E-state index in [-0.39, 0.29) is 30.3 Å². The predicted molar refractivity (Wildman–Crippen MR) is 101 cm³/mol. The Hall–Kier alpha value is -3.29. The molecule has 0 bridgehead atoms. The van der Waals surface area contributed by atoms with Crippen molar-refractivity contribution < 1.29 is 14.4 Å². The van der Waals surface area contributed by atoms with Crippen molar-refractivity contribution in [3.8, 4) is 11.4 Å². The number of piperazine rings is 1. The topological polar surface area (TPSA) is 104 Å². The zero-order valence-corrected chi connectivity index (χ0v) is 15.7. The largest absolute Gasteiger partial charge is 0.347 e. The minimum atomic E-state index is -0.490. The molecule has 0 saturated carbocycles. The Labute approximate surface area is 162 Å².